The number of hydrogen-bond donors (Lipinski definition) is 0. The monoisotopic (exact) mass is 214 g/mol. The van der Waals surface area contributed by atoms with Crippen LogP contribution in [0.25, 0.3) is 0 Å². The van der Waals surface area contributed by atoms with Gasteiger partial charge in [0.2, 0.25) is 0 Å². The van der Waals surface area contributed by atoms with Gasteiger partial charge in [0.05, 0.1) is 0 Å². The first-order valence-corrected chi connectivity index (χ1v) is 4.83. The number of esters is 2. The summed E-state index contributed by atoms with van der Waals surface area (Å²) in [5.74, 6) is -0.883. The summed E-state index contributed by atoms with van der Waals surface area (Å²) in [7, 11) is 0. The minimum atomic E-state index is -0.451. The molecule has 0 aromatic heterocycles. The van der Waals surface area contributed by atoms with Gasteiger partial charge in [0.25, 0.3) is 0 Å². The zero-order valence-corrected chi connectivity index (χ0v) is 8.82. The van der Waals surface area contributed by atoms with Gasteiger partial charge >= 0.3 is 11.9 Å². The molecule has 1 aliphatic rings. The van der Waals surface area contributed by atoms with E-state index in [0.717, 1.165) is 0 Å². The lowest BCUT2D eigenvalue weighted by molar-refractivity contribution is -0.158. The van der Waals surface area contributed by atoms with E-state index >= 15 is 0 Å². The van der Waals surface area contributed by atoms with Gasteiger partial charge in [-0.3, -0.25) is 14.4 Å². The summed E-state index contributed by atoms with van der Waals surface area (Å²) in [6.07, 6.45) is -0.0549. The SMILES string of the molecule is CC(=O)OC1CC(=O)CC(OC(C)=O)C1. The molecule has 2 unspecified atom stereocenters. The third-order valence-electron chi connectivity index (χ3n) is 2.10. The molecule has 0 amide bonds. The van der Waals surface area contributed by atoms with Crippen LogP contribution in [0.4, 0.5) is 0 Å². The molecular weight excluding hydrogens is 200 g/mol. The van der Waals surface area contributed by atoms with Gasteiger partial charge in [-0.2, -0.15) is 0 Å². The number of hydrogen-bond acceptors (Lipinski definition) is 5. The highest BCUT2D eigenvalue weighted by Crippen LogP contribution is 2.21. The number of ether oxygens (including phenoxy) is 2. The quantitative estimate of drug-likeness (QED) is 0.629. The Bertz CT molecular complexity index is 254. The lowest BCUT2D eigenvalue weighted by Gasteiger charge is -2.27. The van der Waals surface area contributed by atoms with Gasteiger partial charge in [0, 0.05) is 33.1 Å². The summed E-state index contributed by atoms with van der Waals surface area (Å²) >= 11 is 0. The molecule has 0 heterocycles. The second kappa shape index (κ2) is 4.91. The van der Waals surface area contributed by atoms with Gasteiger partial charge in [-0.05, 0) is 0 Å². The van der Waals surface area contributed by atoms with Gasteiger partial charge in [-0.25, -0.2) is 0 Å². The summed E-state index contributed by atoms with van der Waals surface area (Å²) in [6, 6.07) is 0. The van der Waals surface area contributed by atoms with Crippen molar-refractivity contribution in [3.63, 3.8) is 0 Å². The fourth-order valence-electron chi connectivity index (χ4n) is 1.70. The van der Waals surface area contributed by atoms with E-state index in [-0.39, 0.29) is 18.6 Å². The number of Topliss-reactive ketones (excluding diaryl/α,β-unsaturated/α-hetero) is 1. The molecular formula is C10H14O5. The molecule has 1 fully saturated rings. The van der Waals surface area contributed by atoms with E-state index in [2.05, 4.69) is 0 Å². The normalized spacial score (nSPS) is 25.9. The van der Waals surface area contributed by atoms with Crippen molar-refractivity contribution in [3.8, 4) is 0 Å². The Balaban J connectivity index is 2.51. The van der Waals surface area contributed by atoms with Crippen LogP contribution in [0.15, 0.2) is 0 Å². The van der Waals surface area contributed by atoms with Gasteiger partial charge in [-0.15, -0.1) is 0 Å². The zero-order valence-electron chi connectivity index (χ0n) is 8.82. The molecule has 0 aromatic carbocycles. The Kier molecular flexibility index (Phi) is 3.82. The van der Waals surface area contributed by atoms with E-state index in [0.29, 0.717) is 6.42 Å². The van der Waals surface area contributed by atoms with Crippen LogP contribution < -0.4 is 0 Å². The largest absolute Gasteiger partial charge is 0.462 e. The number of ketones is 1. The van der Waals surface area contributed by atoms with E-state index < -0.39 is 24.1 Å². The van der Waals surface area contributed by atoms with Crippen molar-refractivity contribution in [1.82, 2.24) is 0 Å². The average Bonchev–Trinajstić information content (AvgIpc) is 1.98. The van der Waals surface area contributed by atoms with Crippen molar-refractivity contribution < 1.29 is 23.9 Å². The highest BCUT2D eigenvalue weighted by molar-refractivity contribution is 5.81. The number of carbonyl (C=O) groups is 3. The maximum absolute atomic E-state index is 11.3. The smallest absolute Gasteiger partial charge is 0.302 e. The molecule has 1 saturated carbocycles. The first-order valence-electron chi connectivity index (χ1n) is 4.83. The number of carbonyl (C=O) groups excluding carboxylic acids is 3. The Labute approximate surface area is 87.7 Å². The van der Waals surface area contributed by atoms with Crippen molar-refractivity contribution in [2.45, 2.75) is 45.3 Å². The molecule has 0 N–H and O–H groups in total. The highest BCUT2D eigenvalue weighted by Gasteiger charge is 2.30. The predicted octanol–water partition coefficient (Wildman–Crippen LogP) is 0.603. The van der Waals surface area contributed by atoms with Crippen LogP contribution in [0.3, 0.4) is 0 Å². The summed E-state index contributed by atoms with van der Waals surface area (Å²) in [4.78, 5) is 32.7. The molecule has 0 aliphatic heterocycles. The summed E-state index contributed by atoms with van der Waals surface area (Å²) in [5, 5.41) is 0. The van der Waals surface area contributed by atoms with E-state index in [1.54, 1.807) is 0 Å². The van der Waals surface area contributed by atoms with Crippen molar-refractivity contribution >= 4 is 17.7 Å². The average molecular weight is 214 g/mol. The van der Waals surface area contributed by atoms with Gasteiger partial charge in [0.1, 0.15) is 18.0 Å². The van der Waals surface area contributed by atoms with Crippen LogP contribution in [0.5, 0.6) is 0 Å². The maximum atomic E-state index is 11.3. The minimum Gasteiger partial charge on any atom is -0.462 e. The molecule has 1 aliphatic carbocycles. The minimum absolute atomic E-state index is 0.0428. The van der Waals surface area contributed by atoms with Crippen molar-refractivity contribution in [1.29, 1.82) is 0 Å². The third kappa shape index (κ3) is 4.10. The fraction of sp³-hybridized carbons (Fsp3) is 0.700. The Hall–Kier alpha value is -1.39. The van der Waals surface area contributed by atoms with Crippen LogP contribution in [0.1, 0.15) is 33.1 Å². The topological polar surface area (TPSA) is 69.7 Å². The van der Waals surface area contributed by atoms with E-state index in [1.165, 1.54) is 13.8 Å². The van der Waals surface area contributed by atoms with Crippen molar-refractivity contribution in [2.75, 3.05) is 0 Å². The van der Waals surface area contributed by atoms with Crippen LogP contribution in [-0.4, -0.2) is 29.9 Å². The fourth-order valence-corrected chi connectivity index (χ4v) is 1.70. The van der Waals surface area contributed by atoms with Crippen molar-refractivity contribution in [2.24, 2.45) is 0 Å². The van der Waals surface area contributed by atoms with Crippen LogP contribution in [0.2, 0.25) is 0 Å². The molecule has 0 aromatic rings. The first kappa shape index (κ1) is 11.7. The Morgan fingerprint density at radius 1 is 1.07 bits per heavy atom. The Morgan fingerprint density at radius 2 is 1.47 bits per heavy atom. The summed E-state index contributed by atoms with van der Waals surface area (Å²) < 4.78 is 9.84. The van der Waals surface area contributed by atoms with Crippen LogP contribution in [-0.2, 0) is 23.9 Å². The number of rotatable bonds is 2. The van der Waals surface area contributed by atoms with Crippen molar-refractivity contribution in [3.05, 3.63) is 0 Å². The molecule has 0 radical (unpaired) electrons. The van der Waals surface area contributed by atoms with Gasteiger partial charge < -0.3 is 9.47 Å². The molecule has 0 spiro atoms. The maximum Gasteiger partial charge on any atom is 0.302 e. The molecule has 5 heteroatoms. The molecule has 5 nitrogen and oxygen atoms in total. The summed E-state index contributed by atoms with van der Waals surface area (Å²) in [6.45, 7) is 2.58. The molecule has 15 heavy (non-hydrogen) atoms. The second-order valence-corrected chi connectivity index (χ2v) is 3.65. The predicted molar refractivity (Wildman–Crippen MR) is 50.0 cm³/mol. The molecule has 0 bridgehead atoms. The lowest BCUT2D eigenvalue weighted by atomic mass is 9.93. The first-order chi connectivity index (χ1) is 6.97. The van der Waals surface area contributed by atoms with Crippen LogP contribution in [0, 0.1) is 0 Å². The highest BCUT2D eigenvalue weighted by atomic mass is 16.6. The van der Waals surface area contributed by atoms with E-state index in [9.17, 15) is 14.4 Å². The second-order valence-electron chi connectivity index (χ2n) is 3.65. The van der Waals surface area contributed by atoms with E-state index in [1.807, 2.05) is 0 Å². The van der Waals surface area contributed by atoms with Gasteiger partial charge in [0.15, 0.2) is 0 Å². The molecule has 84 valence electrons. The van der Waals surface area contributed by atoms with Crippen LogP contribution >= 0.6 is 0 Å². The Morgan fingerprint density at radius 3 is 1.80 bits per heavy atom. The molecule has 2 atom stereocenters. The summed E-state index contributed by atoms with van der Waals surface area (Å²) in [5.41, 5.74) is 0. The van der Waals surface area contributed by atoms with E-state index in [4.69, 9.17) is 9.47 Å². The lowest BCUT2D eigenvalue weighted by Crippen LogP contribution is -2.35. The third-order valence-corrected chi connectivity index (χ3v) is 2.10. The molecule has 0 saturated heterocycles. The zero-order chi connectivity index (χ0) is 11.4. The molecule has 1 rings (SSSR count). The van der Waals surface area contributed by atoms with Gasteiger partial charge in [-0.1, -0.05) is 0 Å². The standard InChI is InChI=1S/C10H14O5/c1-6(11)14-9-3-8(13)4-10(5-9)15-7(2)12/h9-10H,3-5H2,1-2H3.